The van der Waals surface area contributed by atoms with Crippen molar-refractivity contribution in [2.75, 3.05) is 13.1 Å². The summed E-state index contributed by atoms with van der Waals surface area (Å²) in [6.45, 7) is 4.73. The molecule has 1 saturated heterocycles. The zero-order valence-corrected chi connectivity index (χ0v) is 11.3. The number of nitrogens with zero attached hydrogens (tertiary/aromatic N) is 1. The third kappa shape index (κ3) is 5.30. The number of halogens is 1. The van der Waals surface area contributed by atoms with Crippen LogP contribution in [0.5, 0.6) is 0 Å². The molecule has 1 aliphatic heterocycles. The third-order valence-corrected chi connectivity index (χ3v) is 2.95. The molecule has 0 saturated carbocycles. The van der Waals surface area contributed by atoms with Gasteiger partial charge in [0.05, 0.1) is 5.83 Å². The van der Waals surface area contributed by atoms with Crippen molar-refractivity contribution < 1.29 is 9.18 Å². The average Bonchev–Trinajstić information content (AvgIpc) is 2.52. The number of hydrogen-bond acceptors (Lipinski definition) is 1. The van der Waals surface area contributed by atoms with Crippen molar-refractivity contribution in [1.82, 2.24) is 4.90 Å². The van der Waals surface area contributed by atoms with Crippen LogP contribution < -0.4 is 0 Å². The van der Waals surface area contributed by atoms with Crippen LogP contribution >= 0.6 is 0 Å². The monoisotopic (exact) mass is 251 g/mol. The van der Waals surface area contributed by atoms with E-state index in [1.807, 2.05) is 24.0 Å². The molecule has 1 aliphatic rings. The summed E-state index contributed by atoms with van der Waals surface area (Å²) in [6.07, 6.45) is 10.8. The number of rotatable bonds is 4. The smallest absolute Gasteiger partial charge is 0.222 e. The number of allylic oxidation sites excluding steroid dienone is 4. The predicted octanol–water partition coefficient (Wildman–Crippen LogP) is 3.76. The maximum Gasteiger partial charge on any atom is 0.222 e. The van der Waals surface area contributed by atoms with E-state index in [0.717, 1.165) is 31.4 Å². The number of carbonyl (C=O) groups is 1. The molecule has 18 heavy (non-hydrogen) atoms. The van der Waals surface area contributed by atoms with Gasteiger partial charge in [-0.1, -0.05) is 24.6 Å². The zero-order chi connectivity index (χ0) is 13.4. The van der Waals surface area contributed by atoms with E-state index in [2.05, 4.69) is 0 Å². The van der Waals surface area contributed by atoms with E-state index in [-0.39, 0.29) is 11.7 Å². The van der Waals surface area contributed by atoms with Crippen LogP contribution in [0.4, 0.5) is 4.39 Å². The maximum atomic E-state index is 12.7. The Hall–Kier alpha value is -1.38. The molecule has 0 spiro atoms. The van der Waals surface area contributed by atoms with Gasteiger partial charge in [0.15, 0.2) is 0 Å². The lowest BCUT2D eigenvalue weighted by Crippen LogP contribution is -2.31. The summed E-state index contributed by atoms with van der Waals surface area (Å²) in [7, 11) is 0. The van der Waals surface area contributed by atoms with Gasteiger partial charge in [0.2, 0.25) is 5.91 Å². The number of hydrogen-bond donors (Lipinski definition) is 0. The van der Waals surface area contributed by atoms with Gasteiger partial charge < -0.3 is 4.90 Å². The Morgan fingerprint density at radius 3 is 2.78 bits per heavy atom. The Labute approximate surface area is 109 Å². The molecule has 1 rings (SSSR count). The highest BCUT2D eigenvalue weighted by Crippen LogP contribution is 2.13. The lowest BCUT2D eigenvalue weighted by molar-refractivity contribution is -0.130. The van der Waals surface area contributed by atoms with E-state index < -0.39 is 0 Å². The minimum atomic E-state index is -0.223. The van der Waals surface area contributed by atoms with Gasteiger partial charge in [-0.05, 0) is 38.3 Å². The van der Waals surface area contributed by atoms with Crippen LogP contribution in [0.2, 0.25) is 0 Å². The molecular formula is C15H22FNO. The van der Waals surface area contributed by atoms with E-state index in [9.17, 15) is 9.18 Å². The summed E-state index contributed by atoms with van der Waals surface area (Å²) in [5.74, 6) is -0.0111. The Morgan fingerprint density at radius 2 is 2.11 bits per heavy atom. The molecule has 0 aromatic rings. The van der Waals surface area contributed by atoms with Crippen LogP contribution in [-0.2, 0) is 4.79 Å². The topological polar surface area (TPSA) is 20.3 Å². The largest absolute Gasteiger partial charge is 0.338 e. The zero-order valence-electron chi connectivity index (χ0n) is 11.3. The molecule has 0 aromatic heterocycles. The molecule has 3 heteroatoms. The summed E-state index contributed by atoms with van der Waals surface area (Å²) in [4.78, 5) is 13.8. The molecule has 1 heterocycles. The Morgan fingerprint density at radius 1 is 1.33 bits per heavy atom. The molecule has 2 nitrogen and oxygen atoms in total. The van der Waals surface area contributed by atoms with Crippen LogP contribution in [-0.4, -0.2) is 23.9 Å². The second kappa shape index (κ2) is 7.85. The van der Waals surface area contributed by atoms with E-state index in [1.165, 1.54) is 13.0 Å². The van der Waals surface area contributed by atoms with Gasteiger partial charge in [-0.25, -0.2) is 4.39 Å². The van der Waals surface area contributed by atoms with Crippen molar-refractivity contribution in [3.63, 3.8) is 0 Å². The molecule has 0 bridgehead atoms. The van der Waals surface area contributed by atoms with Crippen molar-refractivity contribution in [2.45, 2.75) is 39.5 Å². The van der Waals surface area contributed by atoms with Crippen molar-refractivity contribution in [3.05, 3.63) is 35.7 Å². The first-order chi connectivity index (χ1) is 8.63. The van der Waals surface area contributed by atoms with E-state index in [4.69, 9.17) is 0 Å². The first-order valence-electron chi connectivity index (χ1n) is 6.57. The van der Waals surface area contributed by atoms with Crippen LogP contribution in [0, 0.1) is 0 Å². The van der Waals surface area contributed by atoms with Crippen LogP contribution in [0.1, 0.15) is 39.5 Å². The van der Waals surface area contributed by atoms with Gasteiger partial charge in [0.1, 0.15) is 0 Å². The number of amides is 1. The summed E-state index contributed by atoms with van der Waals surface area (Å²) < 4.78 is 12.7. The van der Waals surface area contributed by atoms with E-state index in [0.29, 0.717) is 13.0 Å². The highest BCUT2D eigenvalue weighted by molar-refractivity contribution is 5.76. The van der Waals surface area contributed by atoms with Crippen molar-refractivity contribution >= 4 is 5.91 Å². The minimum absolute atomic E-state index is 0.212. The molecule has 0 unspecified atom stereocenters. The van der Waals surface area contributed by atoms with Gasteiger partial charge in [0, 0.05) is 19.5 Å². The predicted molar refractivity (Wildman–Crippen MR) is 72.8 cm³/mol. The van der Waals surface area contributed by atoms with Gasteiger partial charge in [-0.2, -0.15) is 0 Å². The third-order valence-electron chi connectivity index (χ3n) is 2.95. The molecule has 0 radical (unpaired) electrons. The first-order valence-corrected chi connectivity index (χ1v) is 6.57. The molecule has 0 atom stereocenters. The van der Waals surface area contributed by atoms with Crippen LogP contribution in [0.15, 0.2) is 35.7 Å². The van der Waals surface area contributed by atoms with Gasteiger partial charge >= 0.3 is 0 Å². The summed E-state index contributed by atoms with van der Waals surface area (Å²) in [5, 5.41) is 0. The Balaban J connectivity index is 2.73. The minimum Gasteiger partial charge on any atom is -0.338 e. The van der Waals surface area contributed by atoms with Crippen molar-refractivity contribution in [2.24, 2.45) is 0 Å². The van der Waals surface area contributed by atoms with E-state index in [1.54, 1.807) is 6.08 Å². The molecular weight excluding hydrogens is 229 g/mol. The second-order valence-electron chi connectivity index (χ2n) is 4.62. The lowest BCUT2D eigenvalue weighted by Gasteiger charge is -2.21. The summed E-state index contributed by atoms with van der Waals surface area (Å²) in [6, 6.07) is 0. The van der Waals surface area contributed by atoms with E-state index >= 15 is 0 Å². The standard InChI is InChI=1S/C15H22FNO/c1-3-7-14(10-9-13(2)16)12-17-11-6-4-5-8-15(17)18/h3,7,9-10H,4-6,8,11-12H2,1-2H3/b7-3-,13-9+,14-10+. The fourth-order valence-electron chi connectivity index (χ4n) is 2.02. The molecule has 0 aromatic carbocycles. The van der Waals surface area contributed by atoms with Gasteiger partial charge in [-0.3, -0.25) is 4.79 Å². The van der Waals surface area contributed by atoms with Gasteiger partial charge in [-0.15, -0.1) is 0 Å². The fourth-order valence-corrected chi connectivity index (χ4v) is 2.02. The Kier molecular flexibility index (Phi) is 6.40. The van der Waals surface area contributed by atoms with Crippen LogP contribution in [0.25, 0.3) is 0 Å². The van der Waals surface area contributed by atoms with Crippen molar-refractivity contribution in [3.8, 4) is 0 Å². The number of carbonyl (C=O) groups excluding carboxylic acids is 1. The van der Waals surface area contributed by atoms with Crippen LogP contribution in [0.3, 0.4) is 0 Å². The summed E-state index contributed by atoms with van der Waals surface area (Å²) in [5.41, 5.74) is 0.963. The highest BCUT2D eigenvalue weighted by Gasteiger charge is 2.16. The quantitative estimate of drug-likeness (QED) is 0.697. The average molecular weight is 251 g/mol. The molecule has 1 amide bonds. The van der Waals surface area contributed by atoms with Crippen molar-refractivity contribution in [1.29, 1.82) is 0 Å². The normalized spacial score (nSPS) is 19.5. The maximum absolute atomic E-state index is 12.7. The SMILES string of the molecule is C\C=C/C(=C\C=C(/C)F)CN1CCCCCC1=O. The highest BCUT2D eigenvalue weighted by atomic mass is 19.1. The molecule has 0 N–H and O–H groups in total. The fraction of sp³-hybridized carbons (Fsp3) is 0.533. The lowest BCUT2D eigenvalue weighted by atomic mass is 10.2. The number of likely N-dealkylation sites (tertiary alicyclic amines) is 1. The molecule has 1 fully saturated rings. The summed E-state index contributed by atoms with van der Waals surface area (Å²) >= 11 is 0. The molecule has 0 aliphatic carbocycles. The first kappa shape index (κ1) is 14.7. The second-order valence-corrected chi connectivity index (χ2v) is 4.62. The van der Waals surface area contributed by atoms with Gasteiger partial charge in [0.25, 0.3) is 0 Å². The Bertz CT molecular complexity index is 365. The molecule has 100 valence electrons.